The smallest absolute Gasteiger partial charge is 0.233 e. The Morgan fingerprint density at radius 2 is 2.11 bits per heavy atom. The Balaban J connectivity index is 1.71. The van der Waals surface area contributed by atoms with Crippen LogP contribution in [0.4, 0.5) is 5.13 Å². The van der Waals surface area contributed by atoms with E-state index in [1.165, 1.54) is 28.0 Å². The largest absolute Gasteiger partial charge is 0.497 e. The number of ether oxygens (including phenoxy) is 1. The summed E-state index contributed by atoms with van der Waals surface area (Å²) < 4.78 is 5.44. The van der Waals surface area contributed by atoms with Crippen LogP contribution >= 0.6 is 11.3 Å². The molecule has 1 aliphatic rings. The number of carbonyl (C=O) groups excluding carboxylic acids is 1. The Kier molecular flexibility index (Phi) is 4.70. The maximum atomic E-state index is 13.3. The van der Waals surface area contributed by atoms with Crippen LogP contribution in [-0.2, 0) is 17.6 Å². The number of carbonyl (C=O) groups is 1. The number of nitrogens with zero attached hydrogens (tertiary/aromatic N) is 1. The van der Waals surface area contributed by atoms with Crippen LogP contribution in [0, 0.1) is 5.41 Å². The molecule has 138 valence electrons. The van der Waals surface area contributed by atoms with Crippen molar-refractivity contribution >= 4 is 22.4 Å². The van der Waals surface area contributed by atoms with E-state index < -0.39 is 5.41 Å². The highest BCUT2D eigenvalue weighted by atomic mass is 32.1. The van der Waals surface area contributed by atoms with E-state index in [4.69, 9.17) is 4.74 Å². The molecule has 0 saturated heterocycles. The third kappa shape index (κ3) is 3.35. The van der Waals surface area contributed by atoms with Gasteiger partial charge < -0.3 is 10.1 Å². The maximum Gasteiger partial charge on any atom is 0.233 e. The Morgan fingerprint density at radius 3 is 2.81 bits per heavy atom. The number of aromatic nitrogens is 1. The minimum atomic E-state index is -0.545. The molecule has 2 aromatic carbocycles. The summed E-state index contributed by atoms with van der Waals surface area (Å²) in [4.78, 5) is 17.5. The quantitative estimate of drug-likeness (QED) is 0.701. The fraction of sp³-hybridized carbons (Fsp3) is 0.273. The number of hydrogen-bond acceptors (Lipinski definition) is 4. The molecule has 0 bridgehead atoms. The van der Waals surface area contributed by atoms with Gasteiger partial charge in [0.05, 0.1) is 12.5 Å². The van der Waals surface area contributed by atoms with Crippen LogP contribution in [0.15, 0.2) is 60.1 Å². The molecule has 0 spiro atoms. The molecule has 5 heteroatoms. The highest BCUT2D eigenvalue weighted by Gasteiger charge is 2.48. The molecule has 3 aromatic rings. The van der Waals surface area contributed by atoms with Gasteiger partial charge in [-0.05, 0) is 48.6 Å². The van der Waals surface area contributed by atoms with Gasteiger partial charge in [0.2, 0.25) is 5.91 Å². The first-order valence-corrected chi connectivity index (χ1v) is 9.90. The van der Waals surface area contributed by atoms with Gasteiger partial charge in [-0.25, -0.2) is 4.98 Å². The zero-order valence-electron chi connectivity index (χ0n) is 15.4. The van der Waals surface area contributed by atoms with Gasteiger partial charge in [0.25, 0.3) is 0 Å². The fourth-order valence-corrected chi connectivity index (χ4v) is 4.52. The minimum absolute atomic E-state index is 0.0218. The molecule has 1 amide bonds. The number of fused-ring (bicyclic) bond motifs is 1. The lowest BCUT2D eigenvalue weighted by molar-refractivity contribution is -0.125. The number of hydrogen-bond donors (Lipinski definition) is 1. The third-order valence-electron chi connectivity index (χ3n) is 5.51. The molecule has 0 aliphatic heterocycles. The van der Waals surface area contributed by atoms with Crippen molar-refractivity contribution in [3.8, 4) is 5.75 Å². The second kappa shape index (κ2) is 7.16. The van der Waals surface area contributed by atoms with Crippen LogP contribution < -0.4 is 10.1 Å². The fourth-order valence-electron chi connectivity index (χ4n) is 4.00. The second-order valence-corrected chi connectivity index (χ2v) is 8.09. The molecule has 0 fully saturated rings. The summed E-state index contributed by atoms with van der Waals surface area (Å²) >= 11 is 1.44. The van der Waals surface area contributed by atoms with Gasteiger partial charge in [0.1, 0.15) is 5.75 Å². The van der Waals surface area contributed by atoms with Gasteiger partial charge in [0.15, 0.2) is 5.13 Å². The van der Waals surface area contributed by atoms with Gasteiger partial charge in [0, 0.05) is 17.5 Å². The lowest BCUT2D eigenvalue weighted by Gasteiger charge is -2.30. The van der Waals surface area contributed by atoms with Crippen molar-refractivity contribution < 1.29 is 9.53 Å². The summed E-state index contributed by atoms with van der Waals surface area (Å²) in [5.74, 6) is 0.926. The van der Waals surface area contributed by atoms with Crippen molar-refractivity contribution in [1.82, 2.24) is 4.98 Å². The van der Waals surface area contributed by atoms with Gasteiger partial charge in [-0.3, -0.25) is 4.79 Å². The van der Waals surface area contributed by atoms with Crippen molar-refractivity contribution in [2.45, 2.75) is 25.7 Å². The number of amides is 1. The summed E-state index contributed by atoms with van der Waals surface area (Å²) in [5, 5.41) is 5.54. The molecule has 27 heavy (non-hydrogen) atoms. The average Bonchev–Trinajstić information content (AvgIpc) is 3.29. The predicted molar refractivity (Wildman–Crippen MR) is 108 cm³/mol. The predicted octanol–water partition coefficient (Wildman–Crippen LogP) is 4.68. The summed E-state index contributed by atoms with van der Waals surface area (Å²) in [7, 11) is 1.68. The zero-order valence-corrected chi connectivity index (χ0v) is 16.3. The summed E-state index contributed by atoms with van der Waals surface area (Å²) in [6.07, 6.45) is 3.22. The van der Waals surface area contributed by atoms with Crippen molar-refractivity contribution in [1.29, 1.82) is 0 Å². The highest BCUT2D eigenvalue weighted by molar-refractivity contribution is 7.13. The van der Waals surface area contributed by atoms with Crippen LogP contribution in [0.25, 0.3) is 0 Å². The molecule has 4 rings (SSSR count). The second-order valence-electron chi connectivity index (χ2n) is 7.19. The molecule has 0 unspecified atom stereocenters. The van der Waals surface area contributed by atoms with Gasteiger partial charge in [-0.2, -0.15) is 0 Å². The molecule has 1 aromatic heterocycles. The zero-order chi connectivity index (χ0) is 18.9. The summed E-state index contributed by atoms with van der Waals surface area (Å²) in [6, 6.07) is 16.5. The van der Waals surface area contributed by atoms with Crippen LogP contribution in [0.2, 0.25) is 0 Å². The number of nitrogens with one attached hydrogen (secondary N) is 1. The first kappa shape index (κ1) is 17.7. The van der Waals surface area contributed by atoms with E-state index in [0.29, 0.717) is 11.6 Å². The molecular weight excluding hydrogens is 356 g/mol. The number of methoxy groups -OCH3 is 1. The molecule has 1 N–H and O–H groups in total. The van der Waals surface area contributed by atoms with E-state index in [0.717, 1.165) is 12.2 Å². The first-order chi connectivity index (χ1) is 13.1. The minimum Gasteiger partial charge on any atom is -0.497 e. The van der Waals surface area contributed by atoms with Crippen LogP contribution in [0.5, 0.6) is 5.75 Å². The topological polar surface area (TPSA) is 51.2 Å². The van der Waals surface area contributed by atoms with Crippen LogP contribution in [0.3, 0.4) is 0 Å². The van der Waals surface area contributed by atoms with Crippen molar-refractivity contribution in [2.75, 3.05) is 12.4 Å². The average molecular weight is 378 g/mol. The number of thiazole rings is 1. The normalized spacial score (nSPS) is 20.9. The molecule has 2 atom stereocenters. The molecule has 0 radical (unpaired) electrons. The van der Waals surface area contributed by atoms with Crippen LogP contribution in [0.1, 0.15) is 29.5 Å². The van der Waals surface area contributed by atoms with Crippen molar-refractivity contribution in [2.24, 2.45) is 5.41 Å². The highest BCUT2D eigenvalue weighted by Crippen LogP contribution is 2.50. The summed E-state index contributed by atoms with van der Waals surface area (Å²) in [5.41, 5.74) is 3.10. The SMILES string of the molecule is COc1ccc2c(c1)[C@@H](Cc1ccccc1)[C@](C)(C(=O)Nc1nccs1)C2. The van der Waals surface area contributed by atoms with Crippen molar-refractivity contribution in [3.63, 3.8) is 0 Å². The van der Waals surface area contributed by atoms with Gasteiger partial charge >= 0.3 is 0 Å². The van der Waals surface area contributed by atoms with E-state index in [1.54, 1.807) is 13.3 Å². The molecule has 1 heterocycles. The number of benzene rings is 2. The molecule has 1 aliphatic carbocycles. The standard InChI is InChI=1S/C22H22N2O2S/c1-22(20(25)24-21-23-10-11-27-21)14-16-8-9-17(26-2)13-18(16)19(22)12-15-6-4-3-5-7-15/h3-11,13,19H,12,14H2,1-2H3,(H,23,24,25)/t19-,22-/m1/s1. The van der Waals surface area contributed by atoms with Gasteiger partial charge in [-0.1, -0.05) is 36.4 Å². The Morgan fingerprint density at radius 1 is 1.30 bits per heavy atom. The molecular formula is C22H22N2O2S. The Labute approximate surface area is 163 Å². The van der Waals surface area contributed by atoms with E-state index in [1.807, 2.05) is 29.6 Å². The van der Waals surface area contributed by atoms with Gasteiger partial charge in [-0.15, -0.1) is 11.3 Å². The van der Waals surface area contributed by atoms with Crippen LogP contribution in [-0.4, -0.2) is 18.0 Å². The Hall–Kier alpha value is -2.66. The summed E-state index contributed by atoms with van der Waals surface area (Å²) in [6.45, 7) is 2.07. The Bertz CT molecular complexity index is 940. The lowest BCUT2D eigenvalue weighted by Crippen LogP contribution is -2.38. The first-order valence-electron chi connectivity index (χ1n) is 9.02. The van der Waals surface area contributed by atoms with E-state index in [-0.39, 0.29) is 11.8 Å². The molecule has 4 nitrogen and oxygen atoms in total. The van der Waals surface area contributed by atoms with E-state index in [9.17, 15) is 4.79 Å². The van der Waals surface area contributed by atoms with E-state index in [2.05, 4.69) is 41.5 Å². The van der Waals surface area contributed by atoms with E-state index >= 15 is 0 Å². The lowest BCUT2D eigenvalue weighted by atomic mass is 9.74. The number of rotatable bonds is 5. The van der Waals surface area contributed by atoms with Crippen molar-refractivity contribution in [3.05, 3.63) is 76.8 Å². The maximum absolute atomic E-state index is 13.3. The monoisotopic (exact) mass is 378 g/mol. The number of anilines is 1. The molecule has 0 saturated carbocycles. The third-order valence-corrected chi connectivity index (χ3v) is 6.20.